The minimum Gasteiger partial charge on any atom is -0.339 e. The van der Waals surface area contributed by atoms with Crippen LogP contribution in [-0.4, -0.2) is 45.2 Å². The summed E-state index contributed by atoms with van der Waals surface area (Å²) >= 11 is 0. The van der Waals surface area contributed by atoms with Crippen molar-refractivity contribution in [3.63, 3.8) is 0 Å². The summed E-state index contributed by atoms with van der Waals surface area (Å²) in [6.07, 6.45) is 1.73. The standard InChI is InChI=1S/C18H22FN5O.ClH/c1-12-2-3-14(10-15(12)19)18(25)23-7-4-13(5-8-23)17-22-21-16-11-20-6-9-24(16)17;/h2-3,10,13,20H,4-9,11H2,1H3;1H. The van der Waals surface area contributed by atoms with E-state index in [1.54, 1.807) is 19.1 Å². The van der Waals surface area contributed by atoms with Gasteiger partial charge in [-0.15, -0.1) is 22.6 Å². The third-order valence-electron chi connectivity index (χ3n) is 5.22. The summed E-state index contributed by atoms with van der Waals surface area (Å²) in [4.78, 5) is 14.4. The Bertz CT molecular complexity index is 801. The van der Waals surface area contributed by atoms with Crippen LogP contribution in [0.2, 0.25) is 0 Å². The highest BCUT2D eigenvalue weighted by Gasteiger charge is 2.29. The molecule has 1 fully saturated rings. The Balaban J connectivity index is 0.00000196. The number of nitrogens with zero attached hydrogens (tertiary/aromatic N) is 4. The number of amides is 1. The van der Waals surface area contributed by atoms with Crippen molar-refractivity contribution >= 4 is 18.3 Å². The molecule has 0 bridgehead atoms. The van der Waals surface area contributed by atoms with E-state index in [-0.39, 0.29) is 24.1 Å². The van der Waals surface area contributed by atoms with Gasteiger partial charge >= 0.3 is 0 Å². The van der Waals surface area contributed by atoms with Crippen LogP contribution >= 0.6 is 12.4 Å². The third kappa shape index (κ3) is 3.46. The molecule has 4 rings (SSSR count). The molecule has 140 valence electrons. The van der Waals surface area contributed by atoms with Crippen LogP contribution in [0.5, 0.6) is 0 Å². The van der Waals surface area contributed by atoms with E-state index >= 15 is 0 Å². The molecular weight excluding hydrogens is 357 g/mol. The van der Waals surface area contributed by atoms with Gasteiger partial charge < -0.3 is 14.8 Å². The van der Waals surface area contributed by atoms with Crippen molar-refractivity contribution in [3.05, 3.63) is 46.8 Å². The highest BCUT2D eigenvalue weighted by Crippen LogP contribution is 2.28. The maximum Gasteiger partial charge on any atom is 0.253 e. The summed E-state index contributed by atoms with van der Waals surface area (Å²) < 4.78 is 15.9. The number of halogens is 2. The molecule has 0 spiro atoms. The lowest BCUT2D eigenvalue weighted by molar-refractivity contribution is 0.0709. The van der Waals surface area contributed by atoms with Crippen molar-refractivity contribution in [1.82, 2.24) is 25.0 Å². The predicted octanol–water partition coefficient (Wildman–Crippen LogP) is 2.27. The first-order chi connectivity index (χ1) is 12.1. The molecule has 0 saturated carbocycles. The van der Waals surface area contributed by atoms with Crippen LogP contribution in [0.1, 0.15) is 46.3 Å². The maximum absolute atomic E-state index is 13.7. The van der Waals surface area contributed by atoms with Gasteiger partial charge in [0.1, 0.15) is 17.5 Å². The van der Waals surface area contributed by atoms with Gasteiger partial charge in [0, 0.05) is 37.7 Å². The fourth-order valence-electron chi connectivity index (χ4n) is 3.67. The topological polar surface area (TPSA) is 63.1 Å². The van der Waals surface area contributed by atoms with Gasteiger partial charge in [0.05, 0.1) is 6.54 Å². The number of hydrogen-bond acceptors (Lipinski definition) is 4. The first-order valence-electron chi connectivity index (χ1n) is 8.81. The van der Waals surface area contributed by atoms with Crippen molar-refractivity contribution in [2.75, 3.05) is 19.6 Å². The van der Waals surface area contributed by atoms with Crippen LogP contribution < -0.4 is 5.32 Å². The third-order valence-corrected chi connectivity index (χ3v) is 5.22. The maximum atomic E-state index is 13.7. The van der Waals surface area contributed by atoms with Crippen LogP contribution in [0.15, 0.2) is 18.2 Å². The highest BCUT2D eigenvalue weighted by molar-refractivity contribution is 5.94. The number of carbonyl (C=O) groups is 1. The number of benzene rings is 1. The van der Waals surface area contributed by atoms with Gasteiger partial charge in [-0.2, -0.15) is 0 Å². The minimum absolute atomic E-state index is 0. The van der Waals surface area contributed by atoms with Gasteiger partial charge in [0.2, 0.25) is 0 Å². The smallest absolute Gasteiger partial charge is 0.253 e. The molecule has 0 atom stereocenters. The Labute approximate surface area is 158 Å². The minimum atomic E-state index is -0.329. The second-order valence-corrected chi connectivity index (χ2v) is 6.83. The molecule has 1 aromatic carbocycles. The van der Waals surface area contributed by atoms with E-state index in [0.29, 0.717) is 30.1 Å². The van der Waals surface area contributed by atoms with E-state index in [4.69, 9.17) is 0 Å². The van der Waals surface area contributed by atoms with Gasteiger partial charge in [-0.25, -0.2) is 4.39 Å². The van der Waals surface area contributed by atoms with Crippen molar-refractivity contribution < 1.29 is 9.18 Å². The lowest BCUT2D eigenvalue weighted by Gasteiger charge is -2.32. The van der Waals surface area contributed by atoms with Gasteiger partial charge in [-0.3, -0.25) is 4.79 Å². The molecule has 8 heteroatoms. The number of nitrogens with one attached hydrogen (secondary N) is 1. The molecule has 0 unspecified atom stereocenters. The van der Waals surface area contributed by atoms with Crippen molar-refractivity contribution in [2.24, 2.45) is 0 Å². The van der Waals surface area contributed by atoms with Gasteiger partial charge in [0.15, 0.2) is 0 Å². The molecule has 1 saturated heterocycles. The SMILES string of the molecule is Cc1ccc(C(=O)N2CCC(c3nnc4n3CCNC4)CC2)cc1F.Cl. The van der Waals surface area contributed by atoms with E-state index in [1.165, 1.54) is 6.07 Å². The van der Waals surface area contributed by atoms with E-state index in [2.05, 4.69) is 20.1 Å². The Morgan fingerprint density at radius 1 is 1.23 bits per heavy atom. The summed E-state index contributed by atoms with van der Waals surface area (Å²) in [7, 11) is 0. The second kappa shape index (κ2) is 7.72. The average molecular weight is 380 g/mol. The molecule has 2 aromatic rings. The zero-order valence-electron chi connectivity index (χ0n) is 14.7. The quantitative estimate of drug-likeness (QED) is 0.869. The Kier molecular flexibility index (Phi) is 5.58. The summed E-state index contributed by atoms with van der Waals surface area (Å²) in [6.45, 7) is 5.64. The van der Waals surface area contributed by atoms with E-state index in [1.807, 2.05) is 4.90 Å². The van der Waals surface area contributed by atoms with Crippen molar-refractivity contribution in [1.29, 1.82) is 0 Å². The zero-order valence-corrected chi connectivity index (χ0v) is 15.6. The first-order valence-corrected chi connectivity index (χ1v) is 8.81. The van der Waals surface area contributed by atoms with Gasteiger partial charge in [0.25, 0.3) is 5.91 Å². The summed E-state index contributed by atoms with van der Waals surface area (Å²) in [5.74, 6) is 1.95. The molecule has 1 amide bonds. The van der Waals surface area contributed by atoms with Gasteiger partial charge in [-0.05, 0) is 37.5 Å². The average Bonchev–Trinajstić information content (AvgIpc) is 3.08. The van der Waals surface area contributed by atoms with Crippen LogP contribution in [0, 0.1) is 12.7 Å². The van der Waals surface area contributed by atoms with E-state index < -0.39 is 0 Å². The number of carbonyl (C=O) groups excluding carboxylic acids is 1. The Hall–Kier alpha value is -1.99. The molecule has 0 radical (unpaired) electrons. The highest BCUT2D eigenvalue weighted by atomic mass is 35.5. The summed E-state index contributed by atoms with van der Waals surface area (Å²) in [5, 5.41) is 12.0. The summed E-state index contributed by atoms with van der Waals surface area (Å²) in [5.41, 5.74) is 0.980. The number of aryl methyl sites for hydroxylation is 1. The molecular formula is C18H23ClFN5O. The lowest BCUT2D eigenvalue weighted by Crippen LogP contribution is -2.39. The molecule has 1 aromatic heterocycles. The Morgan fingerprint density at radius 3 is 2.73 bits per heavy atom. The molecule has 2 aliphatic heterocycles. The normalized spacial score (nSPS) is 17.5. The van der Waals surface area contributed by atoms with Crippen LogP contribution in [-0.2, 0) is 13.1 Å². The van der Waals surface area contributed by atoms with Gasteiger partial charge in [-0.1, -0.05) is 6.07 Å². The molecule has 0 aliphatic carbocycles. The molecule has 6 nitrogen and oxygen atoms in total. The largest absolute Gasteiger partial charge is 0.339 e. The van der Waals surface area contributed by atoms with Crippen LogP contribution in [0.25, 0.3) is 0 Å². The predicted molar refractivity (Wildman–Crippen MR) is 98.0 cm³/mol. The first kappa shape index (κ1) is 18.8. The molecule has 1 N–H and O–H groups in total. The Morgan fingerprint density at radius 2 is 2.00 bits per heavy atom. The fraction of sp³-hybridized carbons (Fsp3) is 0.500. The number of rotatable bonds is 2. The number of hydrogen-bond donors (Lipinski definition) is 1. The van der Waals surface area contributed by atoms with Crippen molar-refractivity contribution in [3.8, 4) is 0 Å². The number of likely N-dealkylation sites (tertiary alicyclic amines) is 1. The van der Waals surface area contributed by atoms with Crippen LogP contribution in [0.4, 0.5) is 4.39 Å². The molecule has 2 aliphatic rings. The van der Waals surface area contributed by atoms with Crippen LogP contribution in [0.3, 0.4) is 0 Å². The number of piperidine rings is 1. The van der Waals surface area contributed by atoms with E-state index in [0.717, 1.165) is 44.1 Å². The molecule has 3 heterocycles. The number of fused-ring (bicyclic) bond motifs is 1. The second-order valence-electron chi connectivity index (χ2n) is 6.83. The number of aromatic nitrogens is 3. The monoisotopic (exact) mass is 379 g/mol. The molecule has 26 heavy (non-hydrogen) atoms. The van der Waals surface area contributed by atoms with E-state index in [9.17, 15) is 9.18 Å². The lowest BCUT2D eigenvalue weighted by atomic mass is 9.95. The van der Waals surface area contributed by atoms with Crippen molar-refractivity contribution in [2.45, 2.75) is 38.8 Å². The summed E-state index contributed by atoms with van der Waals surface area (Å²) in [6, 6.07) is 4.70. The fourth-order valence-corrected chi connectivity index (χ4v) is 3.67. The zero-order chi connectivity index (χ0) is 17.4.